The number of halogens is 1. The molecule has 0 N–H and O–H groups in total. The molecule has 22 heavy (non-hydrogen) atoms. The first kappa shape index (κ1) is 16.5. The lowest BCUT2D eigenvalue weighted by Crippen LogP contribution is -2.13. The van der Waals surface area contributed by atoms with Crippen LogP contribution in [0, 0.1) is 6.92 Å². The van der Waals surface area contributed by atoms with Crippen LogP contribution < -0.4 is 4.18 Å². The average Bonchev–Trinajstić information content (AvgIpc) is 2.46. The molecule has 2 aromatic rings. The first-order valence-corrected chi connectivity index (χ1v) is 8.42. The van der Waals surface area contributed by atoms with Gasteiger partial charge in [-0.2, -0.15) is 8.42 Å². The highest BCUT2D eigenvalue weighted by atomic mass is 79.9. The number of hydrogen-bond acceptors (Lipinski definition) is 5. The van der Waals surface area contributed by atoms with Crippen molar-refractivity contribution in [3.05, 3.63) is 58.1 Å². The van der Waals surface area contributed by atoms with Gasteiger partial charge in [0.1, 0.15) is 10.5 Å². The highest BCUT2D eigenvalue weighted by Gasteiger charge is 2.21. The van der Waals surface area contributed by atoms with E-state index in [1.54, 1.807) is 18.2 Å². The average molecular weight is 385 g/mol. The summed E-state index contributed by atoms with van der Waals surface area (Å²) in [5.41, 5.74) is 0.957. The SMILES string of the molecule is COC(=O)c1ccc(Br)cc1OS(=O)(=O)c1ccc(C)cc1. The highest BCUT2D eigenvalue weighted by Crippen LogP contribution is 2.27. The van der Waals surface area contributed by atoms with E-state index in [1.807, 2.05) is 6.92 Å². The predicted molar refractivity (Wildman–Crippen MR) is 84.5 cm³/mol. The molecule has 0 aromatic heterocycles. The topological polar surface area (TPSA) is 69.7 Å². The van der Waals surface area contributed by atoms with Crippen LogP contribution in [0.3, 0.4) is 0 Å². The highest BCUT2D eigenvalue weighted by molar-refractivity contribution is 9.10. The van der Waals surface area contributed by atoms with Crippen molar-refractivity contribution < 1.29 is 22.1 Å². The van der Waals surface area contributed by atoms with E-state index in [9.17, 15) is 13.2 Å². The van der Waals surface area contributed by atoms with Crippen LogP contribution in [0.5, 0.6) is 5.75 Å². The third-order valence-electron chi connectivity index (χ3n) is 2.86. The van der Waals surface area contributed by atoms with Gasteiger partial charge in [-0.3, -0.25) is 0 Å². The molecule has 0 unspecified atom stereocenters. The van der Waals surface area contributed by atoms with Gasteiger partial charge >= 0.3 is 16.1 Å². The van der Waals surface area contributed by atoms with Crippen LogP contribution in [-0.2, 0) is 14.9 Å². The van der Waals surface area contributed by atoms with Gasteiger partial charge in [-0.15, -0.1) is 0 Å². The van der Waals surface area contributed by atoms with Gasteiger partial charge in [0.2, 0.25) is 0 Å². The second-order valence-electron chi connectivity index (χ2n) is 4.48. The minimum atomic E-state index is -4.04. The van der Waals surface area contributed by atoms with Crippen LogP contribution in [0.2, 0.25) is 0 Å². The number of methoxy groups -OCH3 is 1. The largest absolute Gasteiger partial charge is 0.465 e. The molecule has 5 nitrogen and oxygen atoms in total. The van der Waals surface area contributed by atoms with Crippen molar-refractivity contribution in [2.75, 3.05) is 7.11 Å². The van der Waals surface area contributed by atoms with Gasteiger partial charge in [0, 0.05) is 4.47 Å². The second kappa shape index (κ2) is 6.50. The minimum Gasteiger partial charge on any atom is -0.465 e. The van der Waals surface area contributed by atoms with E-state index in [-0.39, 0.29) is 16.2 Å². The van der Waals surface area contributed by atoms with Crippen molar-refractivity contribution in [2.24, 2.45) is 0 Å². The molecule has 0 saturated carbocycles. The van der Waals surface area contributed by atoms with E-state index < -0.39 is 16.1 Å². The van der Waals surface area contributed by atoms with Gasteiger partial charge in [-0.05, 0) is 37.3 Å². The molecule has 7 heteroatoms. The van der Waals surface area contributed by atoms with Crippen molar-refractivity contribution in [3.8, 4) is 5.75 Å². The standard InChI is InChI=1S/C15H13BrO5S/c1-10-3-6-12(7-4-10)22(18,19)21-14-9-11(16)5-8-13(14)15(17)20-2/h3-9H,1-2H3. The van der Waals surface area contributed by atoms with Gasteiger partial charge < -0.3 is 8.92 Å². The first-order chi connectivity index (χ1) is 10.3. The summed E-state index contributed by atoms with van der Waals surface area (Å²) in [7, 11) is -2.83. The zero-order valence-corrected chi connectivity index (χ0v) is 14.3. The molecule has 2 rings (SSSR count). The van der Waals surface area contributed by atoms with Crippen LogP contribution in [0.25, 0.3) is 0 Å². The van der Waals surface area contributed by atoms with Crippen molar-refractivity contribution in [1.29, 1.82) is 0 Å². The van der Waals surface area contributed by atoms with Gasteiger partial charge in [0.25, 0.3) is 0 Å². The van der Waals surface area contributed by atoms with E-state index in [2.05, 4.69) is 20.7 Å². The lowest BCUT2D eigenvalue weighted by Gasteiger charge is -2.11. The third-order valence-corrected chi connectivity index (χ3v) is 4.60. The molecule has 0 bridgehead atoms. The molecule has 0 aliphatic rings. The Bertz CT molecular complexity index is 797. The number of rotatable bonds is 4. The Labute approximate surface area is 137 Å². The molecule has 0 radical (unpaired) electrons. The predicted octanol–water partition coefficient (Wildman–Crippen LogP) is 3.31. The quantitative estimate of drug-likeness (QED) is 0.597. The fourth-order valence-electron chi connectivity index (χ4n) is 1.71. The van der Waals surface area contributed by atoms with E-state index in [1.165, 1.54) is 31.4 Å². The molecule has 0 aliphatic heterocycles. The molecule has 0 fully saturated rings. The van der Waals surface area contributed by atoms with Crippen molar-refractivity contribution in [1.82, 2.24) is 0 Å². The molecule has 0 spiro atoms. The van der Waals surface area contributed by atoms with Crippen LogP contribution in [0.15, 0.2) is 51.8 Å². The Morgan fingerprint density at radius 1 is 1.09 bits per heavy atom. The summed E-state index contributed by atoms with van der Waals surface area (Å²) in [6.07, 6.45) is 0. The minimum absolute atomic E-state index is 0.00823. The number of esters is 1. The maximum atomic E-state index is 12.3. The molecule has 0 amide bonds. The molecule has 2 aromatic carbocycles. The summed E-state index contributed by atoms with van der Waals surface area (Å²) in [5.74, 6) is -0.775. The van der Waals surface area contributed by atoms with Gasteiger partial charge in [0.15, 0.2) is 5.75 Å². The zero-order valence-electron chi connectivity index (χ0n) is 11.9. The first-order valence-electron chi connectivity index (χ1n) is 6.22. The van der Waals surface area contributed by atoms with E-state index in [0.717, 1.165) is 5.56 Å². The Balaban J connectivity index is 2.43. The summed E-state index contributed by atoms with van der Waals surface area (Å²) in [4.78, 5) is 11.7. The number of ether oxygens (including phenoxy) is 1. The molecular formula is C15H13BrO5S. The van der Waals surface area contributed by atoms with Crippen molar-refractivity contribution in [3.63, 3.8) is 0 Å². The summed E-state index contributed by atoms with van der Waals surface area (Å²) >= 11 is 3.21. The summed E-state index contributed by atoms with van der Waals surface area (Å²) in [6.45, 7) is 1.85. The van der Waals surface area contributed by atoms with Gasteiger partial charge in [-0.1, -0.05) is 33.6 Å². The Morgan fingerprint density at radius 2 is 1.73 bits per heavy atom. The van der Waals surface area contributed by atoms with Crippen LogP contribution >= 0.6 is 15.9 Å². The number of aryl methyl sites for hydroxylation is 1. The van der Waals surface area contributed by atoms with Gasteiger partial charge in [0.05, 0.1) is 7.11 Å². The van der Waals surface area contributed by atoms with E-state index in [0.29, 0.717) is 4.47 Å². The smallest absolute Gasteiger partial charge is 0.341 e. The number of benzene rings is 2. The van der Waals surface area contributed by atoms with Gasteiger partial charge in [-0.25, -0.2) is 4.79 Å². The van der Waals surface area contributed by atoms with Crippen molar-refractivity contribution in [2.45, 2.75) is 11.8 Å². The Hall–Kier alpha value is -1.86. The summed E-state index contributed by atoms with van der Waals surface area (Å²) < 4.78 is 34.9. The molecule has 0 atom stereocenters. The molecular weight excluding hydrogens is 372 g/mol. The molecule has 116 valence electrons. The maximum Gasteiger partial charge on any atom is 0.341 e. The normalized spacial score (nSPS) is 11.0. The fraction of sp³-hybridized carbons (Fsp3) is 0.133. The Morgan fingerprint density at radius 3 is 2.32 bits per heavy atom. The molecule has 0 aliphatic carbocycles. The van der Waals surface area contributed by atoms with E-state index in [4.69, 9.17) is 4.18 Å². The Kier molecular flexibility index (Phi) is 4.87. The third kappa shape index (κ3) is 3.66. The van der Waals surface area contributed by atoms with E-state index >= 15 is 0 Å². The fourth-order valence-corrected chi connectivity index (χ4v) is 2.99. The second-order valence-corrected chi connectivity index (χ2v) is 6.94. The number of carbonyl (C=O) groups excluding carboxylic acids is 1. The lowest BCUT2D eigenvalue weighted by atomic mass is 10.2. The number of hydrogen-bond donors (Lipinski definition) is 0. The maximum absolute atomic E-state index is 12.3. The lowest BCUT2D eigenvalue weighted by molar-refractivity contribution is 0.0599. The summed E-state index contributed by atoms with van der Waals surface area (Å²) in [5, 5.41) is 0. The van der Waals surface area contributed by atoms with Crippen LogP contribution in [0.1, 0.15) is 15.9 Å². The van der Waals surface area contributed by atoms with Crippen molar-refractivity contribution >= 4 is 32.0 Å². The zero-order chi connectivity index (χ0) is 16.3. The number of carbonyl (C=O) groups is 1. The van der Waals surface area contributed by atoms with Crippen LogP contribution in [-0.4, -0.2) is 21.5 Å². The summed E-state index contributed by atoms with van der Waals surface area (Å²) in [6, 6.07) is 10.6. The molecule has 0 saturated heterocycles. The van der Waals surface area contributed by atoms with Crippen LogP contribution in [0.4, 0.5) is 0 Å². The molecule has 0 heterocycles. The monoisotopic (exact) mass is 384 g/mol.